The van der Waals surface area contributed by atoms with Crippen LogP contribution in [0.25, 0.3) is 11.1 Å². The van der Waals surface area contributed by atoms with E-state index in [2.05, 4.69) is 0 Å². The molecule has 0 saturated carbocycles. The van der Waals surface area contributed by atoms with E-state index >= 15 is 0 Å². The van der Waals surface area contributed by atoms with Crippen molar-refractivity contribution >= 4 is 20.2 Å². The molecule has 0 aliphatic heterocycles. The molecule has 0 heterocycles. The topological polar surface area (TPSA) is 86.7 Å². The van der Waals surface area contributed by atoms with E-state index in [9.17, 15) is 16.8 Å². The molecular weight excluding hydrogens is 520 g/mol. The van der Waals surface area contributed by atoms with Crippen LogP contribution in [0.15, 0.2) is 82.6 Å². The Labute approximate surface area is 225 Å². The molecule has 198 valence electrons. The smallest absolute Gasteiger partial charge is 0.339 e. The van der Waals surface area contributed by atoms with E-state index in [4.69, 9.17) is 8.37 Å². The fraction of sp³-hybridized carbons (Fsp3) is 0.200. The van der Waals surface area contributed by atoms with Gasteiger partial charge in [-0.1, -0.05) is 59.7 Å². The molecule has 0 amide bonds. The van der Waals surface area contributed by atoms with E-state index < -0.39 is 20.2 Å². The second-order valence-corrected chi connectivity index (χ2v) is 12.5. The number of rotatable bonds is 7. The van der Waals surface area contributed by atoms with Gasteiger partial charge in [0.15, 0.2) is 0 Å². The van der Waals surface area contributed by atoms with E-state index in [-0.39, 0.29) is 21.3 Å². The lowest BCUT2D eigenvalue weighted by atomic mass is 10.1. The Morgan fingerprint density at radius 3 is 0.974 bits per heavy atom. The molecule has 8 heteroatoms. The zero-order valence-corrected chi connectivity index (χ0v) is 23.8. The molecule has 4 aromatic rings. The summed E-state index contributed by atoms with van der Waals surface area (Å²) < 4.78 is 62.6. The van der Waals surface area contributed by atoms with Crippen molar-refractivity contribution in [1.82, 2.24) is 0 Å². The van der Waals surface area contributed by atoms with Gasteiger partial charge in [-0.3, -0.25) is 0 Å². The molecule has 4 rings (SSSR count). The number of benzene rings is 4. The van der Waals surface area contributed by atoms with E-state index in [0.717, 1.165) is 22.3 Å². The molecule has 0 aliphatic carbocycles. The van der Waals surface area contributed by atoms with Crippen molar-refractivity contribution in [2.24, 2.45) is 0 Å². The van der Waals surface area contributed by atoms with Crippen LogP contribution >= 0.6 is 0 Å². The Bertz CT molecular complexity index is 1540. The molecule has 0 fully saturated rings. The van der Waals surface area contributed by atoms with Crippen molar-refractivity contribution in [2.75, 3.05) is 0 Å². The van der Waals surface area contributed by atoms with Crippen molar-refractivity contribution in [3.05, 3.63) is 106 Å². The van der Waals surface area contributed by atoms with Crippen LogP contribution in [0.2, 0.25) is 0 Å². The van der Waals surface area contributed by atoms with Crippen molar-refractivity contribution in [3.8, 4) is 22.6 Å². The van der Waals surface area contributed by atoms with Crippen LogP contribution in [-0.2, 0) is 20.2 Å². The lowest BCUT2D eigenvalue weighted by molar-refractivity contribution is 0.483. The Kier molecular flexibility index (Phi) is 7.41. The van der Waals surface area contributed by atoms with Gasteiger partial charge in [0, 0.05) is 0 Å². The van der Waals surface area contributed by atoms with Gasteiger partial charge in [-0.25, -0.2) is 0 Å². The van der Waals surface area contributed by atoms with E-state index in [1.807, 2.05) is 38.1 Å². The highest BCUT2D eigenvalue weighted by molar-refractivity contribution is 7.87. The molecule has 38 heavy (non-hydrogen) atoms. The Morgan fingerprint density at radius 1 is 0.447 bits per heavy atom. The van der Waals surface area contributed by atoms with Gasteiger partial charge in [-0.05, 0) is 99.2 Å². The van der Waals surface area contributed by atoms with Crippen LogP contribution in [0.5, 0.6) is 11.5 Å². The van der Waals surface area contributed by atoms with Crippen LogP contribution in [0.3, 0.4) is 0 Å². The maximum Gasteiger partial charge on any atom is 0.339 e. The van der Waals surface area contributed by atoms with Gasteiger partial charge >= 0.3 is 20.2 Å². The predicted molar refractivity (Wildman–Crippen MR) is 149 cm³/mol. The third-order valence-corrected chi connectivity index (χ3v) is 9.27. The zero-order chi connectivity index (χ0) is 27.8. The van der Waals surface area contributed by atoms with Crippen LogP contribution in [0, 0.1) is 41.5 Å². The maximum atomic E-state index is 12.9. The van der Waals surface area contributed by atoms with E-state index in [1.54, 1.807) is 76.2 Å². The first kappa shape index (κ1) is 27.4. The molecular formula is C30H30O6S2. The summed E-state index contributed by atoms with van der Waals surface area (Å²) in [5.74, 6) is 0.394. The van der Waals surface area contributed by atoms with Crippen LogP contribution in [0.4, 0.5) is 0 Å². The van der Waals surface area contributed by atoms with Crippen molar-refractivity contribution in [3.63, 3.8) is 0 Å². The summed E-state index contributed by atoms with van der Waals surface area (Å²) in [5.41, 5.74) is 6.11. The molecule has 0 atom stereocenters. The average molecular weight is 551 g/mol. The van der Waals surface area contributed by atoms with Crippen molar-refractivity contribution < 1.29 is 25.2 Å². The largest absolute Gasteiger partial charge is 0.379 e. The van der Waals surface area contributed by atoms with Crippen LogP contribution in [0.1, 0.15) is 33.4 Å². The van der Waals surface area contributed by atoms with Gasteiger partial charge in [0.2, 0.25) is 0 Å². The van der Waals surface area contributed by atoms with Gasteiger partial charge < -0.3 is 8.37 Å². The molecule has 0 saturated heterocycles. The Balaban J connectivity index is 1.51. The van der Waals surface area contributed by atoms with E-state index in [0.29, 0.717) is 22.3 Å². The highest BCUT2D eigenvalue weighted by Crippen LogP contribution is 2.30. The highest BCUT2D eigenvalue weighted by atomic mass is 32.2. The third-order valence-electron chi connectivity index (χ3n) is 6.16. The Morgan fingerprint density at radius 2 is 0.711 bits per heavy atom. The maximum absolute atomic E-state index is 12.9. The summed E-state index contributed by atoms with van der Waals surface area (Å²) in [6.07, 6.45) is 0. The lowest BCUT2D eigenvalue weighted by Crippen LogP contribution is -2.13. The fourth-order valence-corrected chi connectivity index (χ4v) is 7.57. The van der Waals surface area contributed by atoms with Gasteiger partial charge in [-0.2, -0.15) is 16.8 Å². The quantitative estimate of drug-likeness (QED) is 0.237. The summed E-state index contributed by atoms with van der Waals surface area (Å²) >= 11 is 0. The molecule has 0 radical (unpaired) electrons. The number of hydrogen-bond acceptors (Lipinski definition) is 6. The summed E-state index contributed by atoms with van der Waals surface area (Å²) in [4.78, 5) is 0.350. The van der Waals surface area contributed by atoms with Crippen LogP contribution in [-0.4, -0.2) is 16.8 Å². The second-order valence-electron chi connectivity index (χ2n) is 9.58. The standard InChI is InChI=1S/C30H30O6S2/c1-19-15-21(3)29(22(4)16-19)37(31,32)35-27-11-7-25(8-12-27)26-9-13-28(14-10-26)36-38(33,34)30-23(5)17-20(2)18-24(30)6/h7-18H,1-6H3. The minimum Gasteiger partial charge on any atom is -0.379 e. The minimum atomic E-state index is -4.00. The minimum absolute atomic E-state index is 0.175. The molecule has 6 nitrogen and oxygen atoms in total. The summed E-state index contributed by atoms with van der Waals surface area (Å²) in [5, 5.41) is 0. The summed E-state index contributed by atoms with van der Waals surface area (Å²) in [7, 11) is -7.99. The van der Waals surface area contributed by atoms with Gasteiger partial charge in [-0.15, -0.1) is 0 Å². The predicted octanol–water partition coefficient (Wildman–Crippen LogP) is 6.74. The molecule has 0 N–H and O–H groups in total. The van der Waals surface area contributed by atoms with Gasteiger partial charge in [0.1, 0.15) is 21.3 Å². The van der Waals surface area contributed by atoms with E-state index in [1.165, 1.54) is 0 Å². The number of aryl methyl sites for hydroxylation is 6. The summed E-state index contributed by atoms with van der Waals surface area (Å²) in [6, 6.07) is 20.6. The zero-order valence-electron chi connectivity index (χ0n) is 22.2. The molecule has 0 aliphatic rings. The lowest BCUT2D eigenvalue weighted by Gasteiger charge is -2.14. The molecule has 4 aromatic carbocycles. The fourth-order valence-electron chi connectivity index (χ4n) is 4.86. The van der Waals surface area contributed by atoms with Crippen molar-refractivity contribution in [2.45, 2.75) is 51.3 Å². The average Bonchev–Trinajstić information content (AvgIpc) is 2.77. The molecule has 0 aromatic heterocycles. The Hall–Kier alpha value is -3.62. The molecule has 0 spiro atoms. The van der Waals surface area contributed by atoms with Crippen molar-refractivity contribution in [1.29, 1.82) is 0 Å². The second kappa shape index (κ2) is 10.3. The van der Waals surface area contributed by atoms with Crippen LogP contribution < -0.4 is 8.37 Å². The number of hydrogen-bond donors (Lipinski definition) is 0. The molecule has 0 bridgehead atoms. The van der Waals surface area contributed by atoms with Gasteiger partial charge in [0.25, 0.3) is 0 Å². The normalized spacial score (nSPS) is 11.8. The first-order chi connectivity index (χ1) is 17.8. The first-order valence-electron chi connectivity index (χ1n) is 12.0. The third kappa shape index (κ3) is 5.76. The summed E-state index contributed by atoms with van der Waals surface area (Å²) in [6.45, 7) is 10.8. The molecule has 0 unspecified atom stereocenters. The monoisotopic (exact) mass is 550 g/mol. The van der Waals surface area contributed by atoms with Gasteiger partial charge in [0.05, 0.1) is 0 Å². The highest BCUT2D eigenvalue weighted by Gasteiger charge is 2.23. The first-order valence-corrected chi connectivity index (χ1v) is 14.8. The SMILES string of the molecule is Cc1cc(C)c(S(=O)(=O)Oc2ccc(-c3ccc(OS(=O)(=O)c4c(C)cc(C)cc4C)cc3)cc2)c(C)c1.